The van der Waals surface area contributed by atoms with Gasteiger partial charge in [-0.05, 0) is 21.0 Å². The van der Waals surface area contributed by atoms with Crippen molar-refractivity contribution in [3.8, 4) is 0 Å². The summed E-state index contributed by atoms with van der Waals surface area (Å²) in [5, 5.41) is 0. The second-order valence-corrected chi connectivity index (χ2v) is 1.90. The van der Waals surface area contributed by atoms with Crippen molar-refractivity contribution in [2.45, 2.75) is 6.92 Å². The Kier molecular flexibility index (Phi) is 37.8. The minimum Gasteiger partial charge on any atom is -0.468 e. The van der Waals surface area contributed by atoms with Crippen molar-refractivity contribution in [3.05, 3.63) is 0 Å². The molecular formula is C5H18N2O6S. The standard InChI is InChI=1S/C3H6O2.2CH5N.H2O4S/c1-2-5-3-4;2*1-2;1-5(2,3)4/h3H,2H2,1H3;2*2H2,1H3;(H2,1,2,3,4). The summed E-state index contributed by atoms with van der Waals surface area (Å²) < 4.78 is 35.7. The van der Waals surface area contributed by atoms with Crippen LogP contribution in [-0.2, 0) is 19.9 Å². The Bertz CT molecular complexity index is 161. The molecule has 0 heterocycles. The first-order valence-corrected chi connectivity index (χ1v) is 4.72. The molecule has 0 saturated carbocycles. The maximum Gasteiger partial charge on any atom is 0.394 e. The molecule has 14 heavy (non-hydrogen) atoms. The average Bonchev–Trinajstić information content (AvgIpc) is 2.10. The second-order valence-electron chi connectivity index (χ2n) is 0.999. The predicted octanol–water partition coefficient (Wildman–Crippen LogP) is -1.32. The summed E-state index contributed by atoms with van der Waals surface area (Å²) in [6.45, 7) is 2.66. The van der Waals surface area contributed by atoms with Gasteiger partial charge in [0.2, 0.25) is 0 Å². The van der Waals surface area contributed by atoms with Crippen molar-refractivity contribution in [3.63, 3.8) is 0 Å². The van der Waals surface area contributed by atoms with Gasteiger partial charge < -0.3 is 16.2 Å². The van der Waals surface area contributed by atoms with Gasteiger partial charge in [-0.2, -0.15) is 8.42 Å². The molecule has 0 unspecified atom stereocenters. The lowest BCUT2D eigenvalue weighted by atomic mass is 10.9. The van der Waals surface area contributed by atoms with E-state index in [1.165, 1.54) is 14.1 Å². The Morgan fingerprint density at radius 3 is 1.43 bits per heavy atom. The molecule has 0 fully saturated rings. The van der Waals surface area contributed by atoms with Crippen molar-refractivity contribution in [2.75, 3.05) is 20.7 Å². The molecule has 0 saturated heterocycles. The molecule has 6 N–H and O–H groups in total. The molecule has 9 heteroatoms. The number of carbonyl (C=O) groups is 1. The van der Waals surface area contributed by atoms with E-state index in [4.69, 9.17) is 17.5 Å². The van der Waals surface area contributed by atoms with Gasteiger partial charge in [0.25, 0.3) is 6.47 Å². The first kappa shape index (κ1) is 23.2. The number of ether oxygens (including phenoxy) is 1. The highest BCUT2D eigenvalue weighted by Crippen LogP contribution is 1.59. The van der Waals surface area contributed by atoms with Crippen LogP contribution < -0.4 is 11.5 Å². The molecule has 0 aromatic carbocycles. The Balaban J connectivity index is -0.0000000528. The minimum absolute atomic E-state index is 0.431. The molecule has 0 atom stereocenters. The summed E-state index contributed by atoms with van der Waals surface area (Å²) in [7, 11) is -1.67. The van der Waals surface area contributed by atoms with Gasteiger partial charge in [-0.1, -0.05) is 0 Å². The zero-order valence-electron chi connectivity index (χ0n) is 8.37. The average molecular weight is 234 g/mol. The number of hydrogen-bond acceptors (Lipinski definition) is 6. The van der Waals surface area contributed by atoms with E-state index < -0.39 is 10.4 Å². The van der Waals surface area contributed by atoms with Crippen molar-refractivity contribution < 1.29 is 27.1 Å². The lowest BCUT2D eigenvalue weighted by Crippen LogP contribution is -1.89. The normalized spacial score (nSPS) is 7.36. The van der Waals surface area contributed by atoms with Crippen LogP contribution in [-0.4, -0.2) is 44.7 Å². The molecule has 0 amide bonds. The van der Waals surface area contributed by atoms with Crippen LogP contribution in [0.3, 0.4) is 0 Å². The van der Waals surface area contributed by atoms with E-state index in [2.05, 4.69) is 16.2 Å². The van der Waals surface area contributed by atoms with Crippen LogP contribution in [0.15, 0.2) is 0 Å². The highest BCUT2D eigenvalue weighted by Gasteiger charge is 1.84. The van der Waals surface area contributed by atoms with Gasteiger partial charge in [-0.3, -0.25) is 13.9 Å². The quantitative estimate of drug-likeness (QED) is 0.339. The van der Waals surface area contributed by atoms with Crippen LogP contribution in [0.5, 0.6) is 0 Å². The van der Waals surface area contributed by atoms with Crippen LogP contribution in [0.1, 0.15) is 6.92 Å². The van der Waals surface area contributed by atoms with E-state index in [1.807, 2.05) is 0 Å². The fourth-order valence-corrected chi connectivity index (χ4v) is 0.0680. The molecule has 0 aromatic rings. The third-order valence-electron chi connectivity index (χ3n) is 0.235. The van der Waals surface area contributed by atoms with Crippen LogP contribution >= 0.6 is 0 Å². The van der Waals surface area contributed by atoms with E-state index in [9.17, 15) is 4.79 Å². The van der Waals surface area contributed by atoms with Gasteiger partial charge in [0, 0.05) is 0 Å². The van der Waals surface area contributed by atoms with E-state index in [-0.39, 0.29) is 0 Å². The van der Waals surface area contributed by atoms with Gasteiger partial charge in [-0.15, -0.1) is 0 Å². The van der Waals surface area contributed by atoms with E-state index in [0.717, 1.165) is 0 Å². The molecule has 0 radical (unpaired) electrons. The van der Waals surface area contributed by atoms with Gasteiger partial charge in [0.15, 0.2) is 0 Å². The van der Waals surface area contributed by atoms with Crippen molar-refractivity contribution in [2.24, 2.45) is 11.5 Å². The largest absolute Gasteiger partial charge is 0.468 e. The van der Waals surface area contributed by atoms with Gasteiger partial charge in [0.05, 0.1) is 6.61 Å². The summed E-state index contributed by atoms with van der Waals surface area (Å²) in [5.41, 5.74) is 9.00. The number of nitrogens with two attached hydrogens (primary N) is 2. The highest BCUT2D eigenvalue weighted by atomic mass is 32.3. The second kappa shape index (κ2) is 22.8. The lowest BCUT2D eigenvalue weighted by molar-refractivity contribution is -0.128. The van der Waals surface area contributed by atoms with Crippen LogP contribution in [0.4, 0.5) is 0 Å². The highest BCUT2D eigenvalue weighted by molar-refractivity contribution is 7.79. The molecule has 0 aliphatic rings. The molecular weight excluding hydrogens is 216 g/mol. The molecule has 0 spiro atoms. The molecule has 0 rings (SSSR count). The molecule has 0 bridgehead atoms. The Hall–Kier alpha value is -0.740. The molecule has 0 aromatic heterocycles. The maximum atomic E-state index is 9.18. The Labute approximate surface area is 83.8 Å². The van der Waals surface area contributed by atoms with Crippen LogP contribution in [0, 0.1) is 0 Å². The molecule has 0 aliphatic carbocycles. The smallest absolute Gasteiger partial charge is 0.394 e. The van der Waals surface area contributed by atoms with Crippen molar-refractivity contribution in [1.29, 1.82) is 0 Å². The lowest BCUT2D eigenvalue weighted by Gasteiger charge is -1.79. The first-order valence-electron chi connectivity index (χ1n) is 3.32. The fourth-order valence-electron chi connectivity index (χ4n) is 0.0680. The van der Waals surface area contributed by atoms with E-state index in [0.29, 0.717) is 13.1 Å². The van der Waals surface area contributed by atoms with E-state index in [1.54, 1.807) is 6.92 Å². The summed E-state index contributed by atoms with van der Waals surface area (Å²) in [5.74, 6) is 0. The zero-order valence-corrected chi connectivity index (χ0v) is 9.19. The number of hydrogen-bond donors (Lipinski definition) is 4. The summed E-state index contributed by atoms with van der Waals surface area (Å²) in [6, 6.07) is 0. The molecule has 90 valence electrons. The zero-order chi connectivity index (χ0) is 12.6. The Morgan fingerprint density at radius 2 is 1.43 bits per heavy atom. The van der Waals surface area contributed by atoms with Crippen LogP contribution in [0.2, 0.25) is 0 Å². The Morgan fingerprint density at radius 1 is 1.21 bits per heavy atom. The van der Waals surface area contributed by atoms with Gasteiger partial charge >= 0.3 is 10.4 Å². The minimum atomic E-state index is -4.67. The van der Waals surface area contributed by atoms with Crippen LogP contribution in [0.25, 0.3) is 0 Å². The third-order valence-corrected chi connectivity index (χ3v) is 0.235. The monoisotopic (exact) mass is 234 g/mol. The van der Waals surface area contributed by atoms with E-state index >= 15 is 0 Å². The van der Waals surface area contributed by atoms with Gasteiger partial charge in [-0.25, -0.2) is 0 Å². The molecule has 8 nitrogen and oxygen atoms in total. The van der Waals surface area contributed by atoms with Gasteiger partial charge in [0.1, 0.15) is 0 Å². The summed E-state index contributed by atoms with van der Waals surface area (Å²) >= 11 is 0. The third kappa shape index (κ3) is 747. The maximum absolute atomic E-state index is 9.18. The topological polar surface area (TPSA) is 153 Å². The summed E-state index contributed by atoms with van der Waals surface area (Å²) in [4.78, 5) is 9.18. The van der Waals surface area contributed by atoms with Crippen molar-refractivity contribution >= 4 is 16.9 Å². The number of carbonyl (C=O) groups excluding carboxylic acids is 1. The molecule has 0 aliphatic heterocycles. The summed E-state index contributed by atoms with van der Waals surface area (Å²) in [6.07, 6.45) is 0. The fraction of sp³-hybridized carbons (Fsp3) is 0.800. The SMILES string of the molecule is CCOC=O.CN.CN.O=S(=O)(O)O. The van der Waals surface area contributed by atoms with Crippen molar-refractivity contribution in [1.82, 2.24) is 0 Å². The predicted molar refractivity (Wildman–Crippen MR) is 52.1 cm³/mol. The first-order chi connectivity index (χ1) is 6.41. The number of rotatable bonds is 2.